The van der Waals surface area contributed by atoms with Crippen molar-refractivity contribution in [3.8, 4) is 0 Å². The topological polar surface area (TPSA) is 107 Å². The van der Waals surface area contributed by atoms with Gasteiger partial charge in [-0.3, -0.25) is 14.5 Å². The first-order chi connectivity index (χ1) is 10.9. The molecule has 2 N–H and O–H groups in total. The zero-order valence-corrected chi connectivity index (χ0v) is 13.4. The van der Waals surface area contributed by atoms with Crippen LogP contribution in [-0.4, -0.2) is 76.4 Å². The van der Waals surface area contributed by atoms with Gasteiger partial charge >= 0.3 is 18.0 Å². The highest BCUT2D eigenvalue weighted by molar-refractivity contribution is 5.80. The number of piperidine rings is 2. The fourth-order valence-electron chi connectivity index (χ4n) is 3.49. The van der Waals surface area contributed by atoms with Gasteiger partial charge in [-0.25, -0.2) is 4.79 Å². The molecule has 23 heavy (non-hydrogen) atoms. The average Bonchev–Trinajstić information content (AvgIpc) is 2.55. The minimum Gasteiger partial charge on any atom is -0.481 e. The summed E-state index contributed by atoms with van der Waals surface area (Å²) in [5.74, 6) is -2.10. The van der Waals surface area contributed by atoms with Crippen molar-refractivity contribution in [2.45, 2.75) is 38.1 Å². The number of likely N-dealkylation sites (tertiary alicyclic amines) is 2. The lowest BCUT2D eigenvalue weighted by Gasteiger charge is -2.47. The van der Waals surface area contributed by atoms with E-state index in [4.69, 9.17) is 9.84 Å². The van der Waals surface area contributed by atoms with Crippen LogP contribution in [0.2, 0.25) is 0 Å². The van der Waals surface area contributed by atoms with Crippen molar-refractivity contribution in [2.75, 3.05) is 32.8 Å². The van der Waals surface area contributed by atoms with Crippen LogP contribution < -0.4 is 0 Å². The van der Waals surface area contributed by atoms with Crippen molar-refractivity contribution >= 4 is 18.0 Å². The van der Waals surface area contributed by atoms with Crippen molar-refractivity contribution in [3.05, 3.63) is 0 Å². The third-order valence-electron chi connectivity index (χ3n) is 4.96. The molecule has 0 aromatic rings. The van der Waals surface area contributed by atoms with E-state index in [1.165, 1.54) is 4.90 Å². The van der Waals surface area contributed by atoms with Gasteiger partial charge in [0.05, 0.1) is 12.5 Å². The maximum atomic E-state index is 11.9. The highest BCUT2D eigenvalue weighted by atomic mass is 16.6. The molecule has 0 bridgehead atoms. The van der Waals surface area contributed by atoms with E-state index in [-0.39, 0.29) is 0 Å². The van der Waals surface area contributed by atoms with Crippen LogP contribution >= 0.6 is 0 Å². The van der Waals surface area contributed by atoms with Crippen molar-refractivity contribution in [1.29, 1.82) is 0 Å². The first-order valence-electron chi connectivity index (χ1n) is 8.03. The normalized spacial score (nSPS) is 22.6. The summed E-state index contributed by atoms with van der Waals surface area (Å²) in [4.78, 5) is 38.1. The van der Waals surface area contributed by atoms with Gasteiger partial charge in [-0.05, 0) is 32.6 Å². The Balaban J connectivity index is 2.01. The molecule has 2 rings (SSSR count). The largest absolute Gasteiger partial charge is 0.481 e. The smallest absolute Gasteiger partial charge is 0.409 e. The summed E-state index contributed by atoms with van der Waals surface area (Å²) in [6.07, 6.45) is 1.19. The van der Waals surface area contributed by atoms with Crippen LogP contribution in [0.5, 0.6) is 0 Å². The lowest BCUT2D eigenvalue weighted by atomic mass is 9.83. The molecule has 0 aromatic carbocycles. The van der Waals surface area contributed by atoms with Gasteiger partial charge < -0.3 is 19.8 Å². The summed E-state index contributed by atoms with van der Waals surface area (Å²) in [5, 5.41) is 18.8. The van der Waals surface area contributed by atoms with Crippen LogP contribution in [0.15, 0.2) is 0 Å². The van der Waals surface area contributed by atoms with Crippen LogP contribution in [0.4, 0.5) is 4.79 Å². The number of ether oxygens (including phenoxy) is 1. The lowest BCUT2D eigenvalue weighted by molar-refractivity contribution is -0.157. The standard InChI is InChI=1S/C15H24N2O6/c1-2-23-14(22)16-9-5-15(6-10-16,13(20)21)17-7-3-11(4-8-17)12(18)19/h11H,2-10H2,1H3,(H,18,19)(H,20,21). The molecule has 0 unspecified atom stereocenters. The van der Waals surface area contributed by atoms with Crippen molar-refractivity contribution in [1.82, 2.24) is 9.80 Å². The van der Waals surface area contributed by atoms with Gasteiger partial charge in [0.15, 0.2) is 0 Å². The van der Waals surface area contributed by atoms with Gasteiger partial charge in [-0.2, -0.15) is 0 Å². The van der Waals surface area contributed by atoms with Gasteiger partial charge in [0.2, 0.25) is 0 Å². The van der Waals surface area contributed by atoms with Crippen LogP contribution in [0, 0.1) is 5.92 Å². The number of carboxylic acids is 2. The Morgan fingerprint density at radius 2 is 1.65 bits per heavy atom. The zero-order chi connectivity index (χ0) is 17.0. The number of carboxylic acid groups (broad SMARTS) is 2. The van der Waals surface area contributed by atoms with Gasteiger partial charge in [0.25, 0.3) is 0 Å². The predicted octanol–water partition coefficient (Wildman–Crippen LogP) is 0.859. The number of nitrogens with zero attached hydrogens (tertiary/aromatic N) is 2. The second kappa shape index (κ2) is 7.16. The highest BCUT2D eigenvalue weighted by Gasteiger charge is 2.48. The lowest BCUT2D eigenvalue weighted by Crippen LogP contribution is -2.62. The third kappa shape index (κ3) is 3.57. The number of hydrogen-bond donors (Lipinski definition) is 2. The van der Waals surface area contributed by atoms with E-state index in [0.29, 0.717) is 58.5 Å². The van der Waals surface area contributed by atoms with Gasteiger partial charge in [0.1, 0.15) is 5.54 Å². The molecule has 2 fully saturated rings. The summed E-state index contributed by atoms with van der Waals surface area (Å²) in [5.41, 5.74) is -1.01. The number of aliphatic carboxylic acids is 2. The number of hydrogen-bond acceptors (Lipinski definition) is 5. The van der Waals surface area contributed by atoms with Gasteiger partial charge in [0, 0.05) is 26.2 Å². The van der Waals surface area contributed by atoms with E-state index in [9.17, 15) is 19.5 Å². The first kappa shape index (κ1) is 17.5. The van der Waals surface area contributed by atoms with E-state index in [2.05, 4.69) is 0 Å². The van der Waals surface area contributed by atoms with Crippen LogP contribution in [0.3, 0.4) is 0 Å². The van der Waals surface area contributed by atoms with E-state index in [1.807, 2.05) is 4.90 Å². The molecule has 0 radical (unpaired) electrons. The van der Waals surface area contributed by atoms with E-state index in [1.54, 1.807) is 6.92 Å². The molecule has 0 spiro atoms. The van der Waals surface area contributed by atoms with Crippen LogP contribution in [0.1, 0.15) is 32.6 Å². The number of carbonyl (C=O) groups excluding carboxylic acids is 1. The van der Waals surface area contributed by atoms with E-state index in [0.717, 1.165) is 0 Å². The molecular weight excluding hydrogens is 304 g/mol. The molecule has 0 aromatic heterocycles. The Morgan fingerprint density at radius 1 is 1.09 bits per heavy atom. The molecule has 2 heterocycles. The summed E-state index contributed by atoms with van der Waals surface area (Å²) >= 11 is 0. The minimum atomic E-state index is -1.01. The maximum absolute atomic E-state index is 11.9. The molecule has 0 atom stereocenters. The summed E-state index contributed by atoms with van der Waals surface area (Å²) in [6, 6.07) is 0. The second-order valence-electron chi connectivity index (χ2n) is 6.12. The predicted molar refractivity (Wildman–Crippen MR) is 80.1 cm³/mol. The van der Waals surface area contributed by atoms with Gasteiger partial charge in [-0.15, -0.1) is 0 Å². The van der Waals surface area contributed by atoms with Crippen molar-refractivity contribution < 1.29 is 29.3 Å². The summed E-state index contributed by atoms with van der Waals surface area (Å²) < 4.78 is 4.96. The van der Waals surface area contributed by atoms with Crippen molar-refractivity contribution in [2.24, 2.45) is 5.92 Å². The fraction of sp³-hybridized carbons (Fsp3) is 0.800. The molecule has 1 amide bonds. The van der Waals surface area contributed by atoms with Crippen LogP contribution in [0.25, 0.3) is 0 Å². The Hall–Kier alpha value is -1.83. The average molecular weight is 328 g/mol. The summed E-state index contributed by atoms with van der Waals surface area (Å²) in [6.45, 7) is 3.62. The number of amides is 1. The monoisotopic (exact) mass is 328 g/mol. The van der Waals surface area contributed by atoms with Crippen molar-refractivity contribution in [3.63, 3.8) is 0 Å². The van der Waals surface area contributed by atoms with Gasteiger partial charge in [-0.1, -0.05) is 0 Å². The quantitative estimate of drug-likeness (QED) is 0.788. The molecule has 8 heteroatoms. The molecule has 130 valence electrons. The highest BCUT2D eigenvalue weighted by Crippen LogP contribution is 2.33. The molecular formula is C15H24N2O6. The molecule has 2 saturated heterocycles. The van der Waals surface area contributed by atoms with Crippen LogP contribution in [-0.2, 0) is 14.3 Å². The van der Waals surface area contributed by atoms with E-state index < -0.39 is 29.5 Å². The first-order valence-corrected chi connectivity index (χ1v) is 8.03. The molecule has 8 nitrogen and oxygen atoms in total. The maximum Gasteiger partial charge on any atom is 0.409 e. The molecule has 2 aliphatic rings. The Kier molecular flexibility index (Phi) is 5.46. The second-order valence-corrected chi connectivity index (χ2v) is 6.12. The molecule has 0 aliphatic carbocycles. The SMILES string of the molecule is CCOC(=O)N1CCC(C(=O)O)(N2CCC(C(=O)O)CC2)CC1. The Bertz CT molecular complexity index is 465. The minimum absolute atomic E-state index is 0.294. The number of rotatable bonds is 4. The zero-order valence-electron chi connectivity index (χ0n) is 13.4. The molecule has 0 saturated carbocycles. The fourth-order valence-corrected chi connectivity index (χ4v) is 3.49. The van der Waals surface area contributed by atoms with E-state index >= 15 is 0 Å². The number of carbonyl (C=O) groups is 3. The third-order valence-corrected chi connectivity index (χ3v) is 4.96. The molecule has 2 aliphatic heterocycles. The Labute approximate surface area is 135 Å². The Morgan fingerprint density at radius 3 is 2.09 bits per heavy atom. The summed E-state index contributed by atoms with van der Waals surface area (Å²) in [7, 11) is 0.